The molecule has 2 heterocycles. The number of hydrogen-bond donors (Lipinski definition) is 2. The van der Waals surface area contributed by atoms with Gasteiger partial charge in [-0.3, -0.25) is 4.98 Å². The maximum Gasteiger partial charge on any atom is 0.138 e. The van der Waals surface area contributed by atoms with Crippen LogP contribution < -0.4 is 11.1 Å². The van der Waals surface area contributed by atoms with E-state index >= 15 is 0 Å². The van der Waals surface area contributed by atoms with Gasteiger partial charge in [-0.15, -0.1) is 0 Å². The summed E-state index contributed by atoms with van der Waals surface area (Å²) in [6.07, 6.45) is 1.66. The zero-order chi connectivity index (χ0) is 13.1. The number of anilines is 1. The van der Waals surface area contributed by atoms with Crippen LogP contribution in [0.5, 0.6) is 0 Å². The molecular formula is C12H14N4OS. The van der Waals surface area contributed by atoms with Crippen LogP contribution in [0, 0.1) is 13.8 Å². The molecule has 0 atom stereocenters. The summed E-state index contributed by atoms with van der Waals surface area (Å²) < 4.78 is 5.11. The van der Waals surface area contributed by atoms with Crippen LogP contribution in [0.2, 0.25) is 0 Å². The second kappa shape index (κ2) is 5.14. The van der Waals surface area contributed by atoms with Crippen molar-refractivity contribution in [3.05, 3.63) is 41.0 Å². The number of aromatic nitrogens is 2. The van der Waals surface area contributed by atoms with Gasteiger partial charge < -0.3 is 15.6 Å². The number of thiocarbonyl (C=S) groups is 1. The number of rotatable bonds is 4. The van der Waals surface area contributed by atoms with E-state index in [1.165, 1.54) is 0 Å². The molecule has 0 aliphatic carbocycles. The van der Waals surface area contributed by atoms with Crippen LogP contribution in [0.25, 0.3) is 0 Å². The normalized spacial score (nSPS) is 10.3. The molecule has 2 aromatic heterocycles. The van der Waals surface area contributed by atoms with Gasteiger partial charge in [0, 0.05) is 18.3 Å². The van der Waals surface area contributed by atoms with Crippen molar-refractivity contribution in [2.45, 2.75) is 20.4 Å². The van der Waals surface area contributed by atoms with Crippen molar-refractivity contribution in [2.24, 2.45) is 5.73 Å². The zero-order valence-corrected chi connectivity index (χ0v) is 11.0. The summed E-state index contributed by atoms with van der Waals surface area (Å²) in [5.74, 6) is 0.806. The fraction of sp³-hybridized carbons (Fsp3) is 0.250. The third-order valence-corrected chi connectivity index (χ3v) is 2.87. The molecule has 0 bridgehead atoms. The Hall–Kier alpha value is -1.95. The second-order valence-electron chi connectivity index (χ2n) is 3.92. The van der Waals surface area contributed by atoms with Crippen LogP contribution in [-0.2, 0) is 6.54 Å². The standard InChI is InChI=1S/C12H14N4OS/c1-7-9(8(2)17-16-7)6-15-10-4-3-5-14-11(10)12(13)18/h3-5,15H,6H2,1-2H3,(H2,13,18). The molecule has 2 rings (SSSR count). The van der Waals surface area contributed by atoms with E-state index < -0.39 is 0 Å². The van der Waals surface area contributed by atoms with Gasteiger partial charge in [0.1, 0.15) is 16.4 Å². The van der Waals surface area contributed by atoms with Crippen molar-refractivity contribution in [3.8, 4) is 0 Å². The molecule has 5 nitrogen and oxygen atoms in total. The summed E-state index contributed by atoms with van der Waals surface area (Å²) >= 11 is 4.96. The molecule has 0 radical (unpaired) electrons. The van der Waals surface area contributed by atoms with Crippen LogP contribution in [0.3, 0.4) is 0 Å². The van der Waals surface area contributed by atoms with Gasteiger partial charge in [-0.25, -0.2) is 0 Å². The lowest BCUT2D eigenvalue weighted by molar-refractivity contribution is 0.392. The van der Waals surface area contributed by atoms with Gasteiger partial charge >= 0.3 is 0 Å². The molecule has 3 N–H and O–H groups in total. The molecule has 0 aromatic carbocycles. The molecule has 94 valence electrons. The lowest BCUT2D eigenvalue weighted by atomic mass is 10.2. The Kier molecular flexibility index (Phi) is 3.57. The SMILES string of the molecule is Cc1noc(C)c1CNc1cccnc1C(N)=S. The first kappa shape index (κ1) is 12.5. The van der Waals surface area contributed by atoms with Crippen LogP contribution in [0.1, 0.15) is 22.7 Å². The molecule has 0 fully saturated rings. The summed E-state index contributed by atoms with van der Waals surface area (Å²) in [6, 6.07) is 3.72. The highest BCUT2D eigenvalue weighted by Gasteiger charge is 2.10. The molecule has 0 saturated heterocycles. The molecule has 0 saturated carbocycles. The molecule has 0 unspecified atom stereocenters. The monoisotopic (exact) mass is 262 g/mol. The summed E-state index contributed by atoms with van der Waals surface area (Å²) in [5.41, 5.74) is 8.94. The lowest BCUT2D eigenvalue weighted by Crippen LogP contribution is -2.15. The Labute approximate surface area is 110 Å². The smallest absolute Gasteiger partial charge is 0.138 e. The number of aryl methyl sites for hydroxylation is 2. The Morgan fingerprint density at radius 2 is 2.28 bits per heavy atom. The fourth-order valence-corrected chi connectivity index (χ4v) is 1.84. The summed E-state index contributed by atoms with van der Waals surface area (Å²) in [6.45, 7) is 4.39. The molecule has 0 amide bonds. The highest BCUT2D eigenvalue weighted by atomic mass is 32.1. The summed E-state index contributed by atoms with van der Waals surface area (Å²) in [7, 11) is 0. The Balaban J connectivity index is 2.18. The number of pyridine rings is 1. The average Bonchev–Trinajstić information content (AvgIpc) is 2.67. The van der Waals surface area contributed by atoms with Crippen molar-refractivity contribution in [3.63, 3.8) is 0 Å². The quantitative estimate of drug-likeness (QED) is 0.820. The first-order valence-electron chi connectivity index (χ1n) is 5.50. The van der Waals surface area contributed by atoms with E-state index in [1.54, 1.807) is 6.20 Å². The van der Waals surface area contributed by atoms with E-state index in [-0.39, 0.29) is 4.99 Å². The van der Waals surface area contributed by atoms with Gasteiger partial charge in [0.15, 0.2) is 0 Å². The van der Waals surface area contributed by atoms with Gasteiger partial charge in [-0.05, 0) is 26.0 Å². The van der Waals surface area contributed by atoms with Gasteiger partial charge in [0.2, 0.25) is 0 Å². The topological polar surface area (TPSA) is 77.0 Å². The first-order valence-corrected chi connectivity index (χ1v) is 5.91. The maximum absolute atomic E-state index is 5.62. The molecule has 0 aliphatic heterocycles. The summed E-state index contributed by atoms with van der Waals surface area (Å²) in [5, 5.41) is 7.15. The predicted octanol–water partition coefficient (Wildman–Crippen LogP) is 1.93. The Bertz CT molecular complexity index is 560. The van der Waals surface area contributed by atoms with Gasteiger partial charge in [-0.2, -0.15) is 0 Å². The molecule has 0 aliphatic rings. The van der Waals surface area contributed by atoms with Crippen LogP contribution in [0.4, 0.5) is 5.69 Å². The number of nitrogens with two attached hydrogens (primary N) is 1. The Morgan fingerprint density at radius 1 is 1.50 bits per heavy atom. The number of hydrogen-bond acceptors (Lipinski definition) is 5. The van der Waals surface area contributed by atoms with Crippen molar-refractivity contribution in [1.82, 2.24) is 10.1 Å². The van der Waals surface area contributed by atoms with Gasteiger partial charge in [0.05, 0.1) is 11.4 Å². The van der Waals surface area contributed by atoms with Gasteiger partial charge in [-0.1, -0.05) is 17.4 Å². The maximum atomic E-state index is 5.62. The molecule has 6 heteroatoms. The molecular weight excluding hydrogens is 248 g/mol. The van der Waals surface area contributed by atoms with E-state index in [0.29, 0.717) is 12.2 Å². The minimum atomic E-state index is 0.275. The van der Waals surface area contributed by atoms with Crippen molar-refractivity contribution >= 4 is 22.9 Å². The third kappa shape index (κ3) is 2.48. The van der Waals surface area contributed by atoms with Gasteiger partial charge in [0.25, 0.3) is 0 Å². The van der Waals surface area contributed by atoms with Crippen LogP contribution in [-0.4, -0.2) is 15.1 Å². The number of nitrogens with one attached hydrogen (secondary N) is 1. The highest BCUT2D eigenvalue weighted by Crippen LogP contribution is 2.17. The fourth-order valence-electron chi connectivity index (χ4n) is 1.68. The van der Waals surface area contributed by atoms with Crippen molar-refractivity contribution < 1.29 is 4.52 Å². The minimum Gasteiger partial charge on any atom is -0.388 e. The van der Waals surface area contributed by atoms with Crippen LogP contribution in [0.15, 0.2) is 22.9 Å². The minimum absolute atomic E-state index is 0.275. The van der Waals surface area contributed by atoms with Crippen molar-refractivity contribution in [1.29, 1.82) is 0 Å². The third-order valence-electron chi connectivity index (χ3n) is 2.68. The van der Waals surface area contributed by atoms with E-state index in [1.807, 2.05) is 26.0 Å². The lowest BCUT2D eigenvalue weighted by Gasteiger charge is -2.09. The predicted molar refractivity (Wildman–Crippen MR) is 73.4 cm³/mol. The second-order valence-corrected chi connectivity index (χ2v) is 4.36. The zero-order valence-electron chi connectivity index (χ0n) is 10.2. The summed E-state index contributed by atoms with van der Waals surface area (Å²) in [4.78, 5) is 4.43. The van der Waals surface area contributed by atoms with E-state index in [4.69, 9.17) is 22.5 Å². The highest BCUT2D eigenvalue weighted by molar-refractivity contribution is 7.80. The van der Waals surface area contributed by atoms with Crippen LogP contribution >= 0.6 is 12.2 Å². The Morgan fingerprint density at radius 3 is 2.89 bits per heavy atom. The largest absolute Gasteiger partial charge is 0.388 e. The molecule has 2 aromatic rings. The molecule has 18 heavy (non-hydrogen) atoms. The van der Waals surface area contributed by atoms with Crippen molar-refractivity contribution in [2.75, 3.05) is 5.32 Å². The number of nitrogens with zero attached hydrogens (tertiary/aromatic N) is 2. The first-order chi connectivity index (χ1) is 8.59. The van der Waals surface area contributed by atoms with E-state index in [9.17, 15) is 0 Å². The van der Waals surface area contributed by atoms with E-state index in [2.05, 4.69) is 15.5 Å². The van der Waals surface area contributed by atoms with E-state index in [0.717, 1.165) is 22.7 Å². The molecule has 0 spiro atoms. The average molecular weight is 262 g/mol.